The fourth-order valence-corrected chi connectivity index (χ4v) is 2.69. The van der Waals surface area contributed by atoms with Gasteiger partial charge in [0.05, 0.1) is 13.2 Å². The van der Waals surface area contributed by atoms with E-state index >= 15 is 0 Å². The van der Waals surface area contributed by atoms with E-state index < -0.39 is 17.5 Å². The number of ether oxygens (including phenoxy) is 1. The summed E-state index contributed by atoms with van der Waals surface area (Å²) in [5.74, 6) is -2.10. The van der Waals surface area contributed by atoms with Crippen LogP contribution >= 0.6 is 0 Å². The van der Waals surface area contributed by atoms with Gasteiger partial charge in [0.1, 0.15) is 11.6 Å². The minimum atomic E-state index is -0.783. The molecule has 0 unspecified atom stereocenters. The first-order valence-electron chi connectivity index (χ1n) is 8.54. The summed E-state index contributed by atoms with van der Waals surface area (Å²) in [7, 11) is 0. The number of halogens is 2. The molecule has 0 saturated carbocycles. The summed E-state index contributed by atoms with van der Waals surface area (Å²) in [5, 5.41) is 2.69. The molecule has 0 aliphatic carbocycles. The van der Waals surface area contributed by atoms with Crippen molar-refractivity contribution in [3.8, 4) is 0 Å². The van der Waals surface area contributed by atoms with Gasteiger partial charge in [0, 0.05) is 18.2 Å². The lowest BCUT2D eigenvalue weighted by Gasteiger charge is -2.12. The zero-order chi connectivity index (χ0) is 19.1. The van der Waals surface area contributed by atoms with E-state index in [9.17, 15) is 13.6 Å². The Labute approximate surface area is 156 Å². The van der Waals surface area contributed by atoms with Crippen molar-refractivity contribution in [1.29, 1.82) is 0 Å². The molecule has 3 aromatic carbocycles. The minimum Gasteiger partial charge on any atom is -0.372 e. The molecule has 3 rings (SSSR count). The molecule has 138 valence electrons. The number of carbonyl (C=O) groups is 1. The fraction of sp³-hybridized carbons (Fsp3) is 0.136. The predicted octanol–water partition coefficient (Wildman–Crippen LogP) is 4.61. The number of rotatable bonds is 7. The van der Waals surface area contributed by atoms with Crippen LogP contribution in [0.4, 0.5) is 8.78 Å². The van der Waals surface area contributed by atoms with Crippen LogP contribution in [0.25, 0.3) is 0 Å². The number of nitrogens with one attached hydrogen (secondary N) is 1. The van der Waals surface area contributed by atoms with Gasteiger partial charge < -0.3 is 10.1 Å². The number of amides is 1. The summed E-state index contributed by atoms with van der Waals surface area (Å²) in [6.45, 7) is 1.13. The molecule has 3 aromatic rings. The highest BCUT2D eigenvalue weighted by atomic mass is 19.1. The molecule has 5 heteroatoms. The van der Waals surface area contributed by atoms with Crippen molar-refractivity contribution in [1.82, 2.24) is 5.32 Å². The van der Waals surface area contributed by atoms with Crippen molar-refractivity contribution in [2.24, 2.45) is 0 Å². The van der Waals surface area contributed by atoms with Crippen LogP contribution in [0.15, 0.2) is 72.8 Å². The third-order valence-corrected chi connectivity index (χ3v) is 4.05. The van der Waals surface area contributed by atoms with Gasteiger partial charge in [-0.2, -0.15) is 0 Å². The van der Waals surface area contributed by atoms with E-state index in [1.165, 1.54) is 0 Å². The highest BCUT2D eigenvalue weighted by Crippen LogP contribution is 2.13. The lowest BCUT2D eigenvalue weighted by Crippen LogP contribution is -2.23. The summed E-state index contributed by atoms with van der Waals surface area (Å²) >= 11 is 0. The van der Waals surface area contributed by atoms with E-state index in [4.69, 9.17) is 4.74 Å². The summed E-state index contributed by atoms with van der Waals surface area (Å²) in [4.78, 5) is 12.2. The van der Waals surface area contributed by atoms with Crippen molar-refractivity contribution >= 4 is 5.91 Å². The first-order valence-corrected chi connectivity index (χ1v) is 8.54. The third-order valence-electron chi connectivity index (χ3n) is 4.05. The van der Waals surface area contributed by atoms with E-state index in [2.05, 4.69) is 5.32 Å². The Morgan fingerprint density at radius 1 is 0.815 bits per heavy atom. The molecule has 0 spiro atoms. The largest absolute Gasteiger partial charge is 0.372 e. The first kappa shape index (κ1) is 18.7. The molecule has 1 amide bonds. The minimum absolute atomic E-state index is 0.0506. The lowest BCUT2D eigenvalue weighted by atomic mass is 10.1. The molecule has 0 saturated heterocycles. The van der Waals surface area contributed by atoms with E-state index in [0.717, 1.165) is 34.9 Å². The molecule has 0 aliphatic rings. The van der Waals surface area contributed by atoms with Crippen LogP contribution in [-0.2, 0) is 24.5 Å². The molecule has 0 radical (unpaired) electrons. The smallest absolute Gasteiger partial charge is 0.251 e. The van der Waals surface area contributed by atoms with Gasteiger partial charge in [0.2, 0.25) is 0 Å². The number of carbonyl (C=O) groups excluding carboxylic acids is 1. The summed E-state index contributed by atoms with van der Waals surface area (Å²) < 4.78 is 32.3. The molecule has 0 fully saturated rings. The Bertz CT molecular complexity index is 893. The molecule has 1 N–H and O–H groups in total. The number of benzene rings is 3. The van der Waals surface area contributed by atoms with Crippen LogP contribution in [0.1, 0.15) is 27.0 Å². The monoisotopic (exact) mass is 367 g/mol. The van der Waals surface area contributed by atoms with Gasteiger partial charge in [0.25, 0.3) is 5.91 Å². The van der Waals surface area contributed by atoms with Crippen molar-refractivity contribution in [3.63, 3.8) is 0 Å². The van der Waals surface area contributed by atoms with Gasteiger partial charge in [-0.3, -0.25) is 4.79 Å². The third kappa shape index (κ3) is 5.46. The van der Waals surface area contributed by atoms with Crippen molar-refractivity contribution in [2.75, 3.05) is 0 Å². The molecule has 0 atom stereocenters. The van der Waals surface area contributed by atoms with Gasteiger partial charge in [-0.25, -0.2) is 8.78 Å². The Balaban J connectivity index is 1.59. The highest BCUT2D eigenvalue weighted by molar-refractivity contribution is 5.94. The fourth-order valence-electron chi connectivity index (χ4n) is 2.69. The Kier molecular flexibility index (Phi) is 6.28. The van der Waals surface area contributed by atoms with Gasteiger partial charge in [-0.1, -0.05) is 54.6 Å². The second-order valence-corrected chi connectivity index (χ2v) is 6.09. The van der Waals surface area contributed by atoms with Gasteiger partial charge in [-0.15, -0.1) is 0 Å². The Morgan fingerprint density at radius 3 is 2.15 bits per heavy atom. The second-order valence-electron chi connectivity index (χ2n) is 6.09. The summed E-state index contributed by atoms with van der Waals surface area (Å²) in [5.41, 5.74) is 2.86. The van der Waals surface area contributed by atoms with E-state index in [1.807, 2.05) is 54.6 Å². The molecule has 27 heavy (non-hydrogen) atoms. The van der Waals surface area contributed by atoms with Crippen molar-refractivity contribution in [2.45, 2.75) is 19.8 Å². The average molecular weight is 367 g/mol. The summed E-state index contributed by atoms with van der Waals surface area (Å²) in [6.07, 6.45) is 0. The van der Waals surface area contributed by atoms with Crippen LogP contribution in [-0.4, -0.2) is 5.91 Å². The maximum absolute atomic E-state index is 13.3. The maximum Gasteiger partial charge on any atom is 0.251 e. The second kappa shape index (κ2) is 9.05. The van der Waals surface area contributed by atoms with Gasteiger partial charge in [-0.05, 0) is 28.8 Å². The normalized spacial score (nSPS) is 10.6. The van der Waals surface area contributed by atoms with E-state index in [0.29, 0.717) is 13.2 Å². The number of hydrogen-bond acceptors (Lipinski definition) is 2. The predicted molar refractivity (Wildman–Crippen MR) is 98.9 cm³/mol. The molecular formula is C22H19F2NO2. The molecule has 0 aromatic heterocycles. The van der Waals surface area contributed by atoms with Gasteiger partial charge in [0.15, 0.2) is 0 Å². The van der Waals surface area contributed by atoms with E-state index in [-0.39, 0.29) is 12.1 Å². The van der Waals surface area contributed by atoms with Crippen LogP contribution in [0.3, 0.4) is 0 Å². The SMILES string of the molecule is O=C(NCc1ccccc1COCc1ccccc1)c1cc(F)cc(F)c1. The lowest BCUT2D eigenvalue weighted by molar-refractivity contribution is 0.0946. The van der Waals surface area contributed by atoms with Crippen LogP contribution < -0.4 is 5.32 Å². The summed E-state index contributed by atoms with van der Waals surface area (Å²) in [6, 6.07) is 20.2. The molecule has 0 bridgehead atoms. The van der Waals surface area contributed by atoms with Crippen molar-refractivity contribution < 1.29 is 18.3 Å². The molecular weight excluding hydrogens is 348 g/mol. The van der Waals surface area contributed by atoms with E-state index in [1.54, 1.807) is 0 Å². The van der Waals surface area contributed by atoms with Crippen LogP contribution in [0, 0.1) is 11.6 Å². The van der Waals surface area contributed by atoms with Crippen LogP contribution in [0.2, 0.25) is 0 Å². The molecule has 0 aliphatic heterocycles. The Hall–Kier alpha value is -3.05. The van der Waals surface area contributed by atoms with Crippen LogP contribution in [0.5, 0.6) is 0 Å². The average Bonchev–Trinajstić information content (AvgIpc) is 2.67. The maximum atomic E-state index is 13.3. The quantitative estimate of drug-likeness (QED) is 0.662. The topological polar surface area (TPSA) is 38.3 Å². The van der Waals surface area contributed by atoms with Gasteiger partial charge >= 0.3 is 0 Å². The zero-order valence-corrected chi connectivity index (χ0v) is 14.6. The molecule has 0 heterocycles. The standard InChI is InChI=1S/C22H19F2NO2/c23-20-10-19(11-21(24)12-20)22(26)25-13-17-8-4-5-9-18(17)15-27-14-16-6-2-1-3-7-16/h1-12H,13-15H2,(H,25,26). The zero-order valence-electron chi connectivity index (χ0n) is 14.6. The van der Waals surface area contributed by atoms with Crippen molar-refractivity contribution in [3.05, 3.63) is 107 Å². The number of hydrogen-bond donors (Lipinski definition) is 1. The Morgan fingerprint density at radius 2 is 1.44 bits per heavy atom. The molecule has 3 nitrogen and oxygen atoms in total. The first-order chi connectivity index (χ1) is 13.1. The highest BCUT2D eigenvalue weighted by Gasteiger charge is 2.10.